The molecule has 0 aliphatic rings. The van der Waals surface area contributed by atoms with Gasteiger partial charge in [0.25, 0.3) is 0 Å². The third-order valence-electron chi connectivity index (χ3n) is 4.90. The average molecular weight is 413 g/mol. The van der Waals surface area contributed by atoms with E-state index in [0.717, 1.165) is 12.1 Å². The van der Waals surface area contributed by atoms with Gasteiger partial charge in [0.05, 0.1) is 13.2 Å². The summed E-state index contributed by atoms with van der Waals surface area (Å²) in [4.78, 5) is 28.9. The van der Waals surface area contributed by atoms with E-state index < -0.39 is 0 Å². The highest BCUT2D eigenvalue weighted by Gasteiger charge is 2.21. The van der Waals surface area contributed by atoms with Crippen molar-refractivity contribution in [3.63, 3.8) is 0 Å². The van der Waals surface area contributed by atoms with E-state index in [0.29, 0.717) is 25.4 Å². The number of hydrogen-bond donors (Lipinski definition) is 1. The number of aromatic nitrogens is 1. The molecule has 0 fully saturated rings. The van der Waals surface area contributed by atoms with Gasteiger partial charge in [0.1, 0.15) is 6.54 Å². The molecular weight excluding hydrogens is 380 g/mol. The third kappa shape index (κ3) is 6.77. The molecule has 0 aliphatic carbocycles. The molecule has 1 aromatic heterocycles. The van der Waals surface area contributed by atoms with Crippen molar-refractivity contribution in [1.29, 1.82) is 0 Å². The Morgan fingerprint density at radius 3 is 2.50 bits per heavy atom. The maximum atomic E-state index is 13.0. The van der Waals surface area contributed by atoms with Crippen molar-refractivity contribution in [2.75, 3.05) is 38.7 Å². The van der Waals surface area contributed by atoms with Gasteiger partial charge in [0, 0.05) is 44.8 Å². The summed E-state index contributed by atoms with van der Waals surface area (Å²) in [6, 6.07) is 11.3. The van der Waals surface area contributed by atoms with E-state index in [-0.39, 0.29) is 25.0 Å². The molecular formula is C23H32N4O3. The van der Waals surface area contributed by atoms with Crippen LogP contribution in [0.4, 0.5) is 10.5 Å². The van der Waals surface area contributed by atoms with Crippen LogP contribution in [0, 0.1) is 0 Å². The number of methoxy groups -OCH3 is 1. The van der Waals surface area contributed by atoms with E-state index in [9.17, 15) is 9.59 Å². The fourth-order valence-corrected chi connectivity index (χ4v) is 3.01. The van der Waals surface area contributed by atoms with Gasteiger partial charge in [0.2, 0.25) is 5.91 Å². The van der Waals surface area contributed by atoms with Crippen LogP contribution in [0.15, 0.2) is 55.3 Å². The zero-order valence-electron chi connectivity index (χ0n) is 18.1. The lowest BCUT2D eigenvalue weighted by Crippen LogP contribution is -2.45. The Labute approximate surface area is 178 Å². The molecule has 3 amide bonds. The maximum Gasteiger partial charge on any atom is 0.322 e. The Morgan fingerprint density at radius 1 is 1.20 bits per heavy atom. The summed E-state index contributed by atoms with van der Waals surface area (Å²) in [5.41, 5.74) is 2.90. The number of benzene rings is 1. The SMILES string of the molecule is C=CCN(CC(=O)N(CCOC)Cc1cccn1C)C(=O)Nc1ccc(CC)cc1. The van der Waals surface area contributed by atoms with E-state index in [1.54, 1.807) is 18.1 Å². The lowest BCUT2D eigenvalue weighted by atomic mass is 10.1. The molecule has 1 heterocycles. The molecule has 0 aliphatic heterocycles. The normalized spacial score (nSPS) is 10.5. The van der Waals surface area contributed by atoms with Crippen LogP contribution in [0.5, 0.6) is 0 Å². The van der Waals surface area contributed by atoms with Crippen molar-refractivity contribution in [3.8, 4) is 0 Å². The van der Waals surface area contributed by atoms with Gasteiger partial charge in [-0.25, -0.2) is 4.79 Å². The van der Waals surface area contributed by atoms with Gasteiger partial charge in [-0.05, 0) is 36.2 Å². The zero-order chi connectivity index (χ0) is 21.9. The number of aryl methyl sites for hydroxylation is 2. The van der Waals surface area contributed by atoms with Gasteiger partial charge in [-0.2, -0.15) is 0 Å². The molecule has 2 aromatic rings. The predicted molar refractivity (Wildman–Crippen MR) is 119 cm³/mol. The molecule has 0 saturated heterocycles. The van der Waals surface area contributed by atoms with E-state index in [4.69, 9.17) is 4.74 Å². The monoisotopic (exact) mass is 412 g/mol. The van der Waals surface area contributed by atoms with Gasteiger partial charge >= 0.3 is 6.03 Å². The summed E-state index contributed by atoms with van der Waals surface area (Å²) in [6.45, 7) is 7.35. The summed E-state index contributed by atoms with van der Waals surface area (Å²) in [6.07, 6.45) is 4.49. The van der Waals surface area contributed by atoms with Gasteiger partial charge in [-0.15, -0.1) is 6.58 Å². The molecule has 0 saturated carbocycles. The van der Waals surface area contributed by atoms with Crippen molar-refractivity contribution in [2.45, 2.75) is 19.9 Å². The topological polar surface area (TPSA) is 66.8 Å². The molecule has 30 heavy (non-hydrogen) atoms. The number of nitrogens with zero attached hydrogens (tertiary/aromatic N) is 3. The van der Waals surface area contributed by atoms with E-state index in [2.05, 4.69) is 18.8 Å². The molecule has 162 valence electrons. The smallest absolute Gasteiger partial charge is 0.322 e. The van der Waals surface area contributed by atoms with Crippen LogP contribution in [0.1, 0.15) is 18.2 Å². The highest BCUT2D eigenvalue weighted by molar-refractivity contribution is 5.92. The van der Waals surface area contributed by atoms with Crippen LogP contribution in [0.2, 0.25) is 0 Å². The Hall–Kier alpha value is -3.06. The Balaban J connectivity index is 2.06. The molecule has 0 atom stereocenters. The molecule has 7 heteroatoms. The molecule has 1 N–H and O–H groups in total. The molecule has 0 unspecified atom stereocenters. The minimum absolute atomic E-state index is 0.0426. The van der Waals surface area contributed by atoms with Gasteiger partial charge in [0.15, 0.2) is 0 Å². The number of anilines is 1. The maximum absolute atomic E-state index is 13.0. The number of nitrogens with one attached hydrogen (secondary N) is 1. The minimum atomic E-state index is -0.335. The first kappa shape index (κ1) is 23.2. The summed E-state index contributed by atoms with van der Waals surface area (Å²) >= 11 is 0. The van der Waals surface area contributed by atoms with Crippen LogP contribution in [0.25, 0.3) is 0 Å². The van der Waals surface area contributed by atoms with Crippen molar-refractivity contribution in [3.05, 3.63) is 66.5 Å². The number of amides is 3. The summed E-state index contributed by atoms with van der Waals surface area (Å²) < 4.78 is 7.13. The highest BCUT2D eigenvalue weighted by Crippen LogP contribution is 2.12. The minimum Gasteiger partial charge on any atom is -0.383 e. The second kappa shape index (κ2) is 11.8. The van der Waals surface area contributed by atoms with Gasteiger partial charge in [-0.3, -0.25) is 4.79 Å². The molecule has 0 bridgehead atoms. The van der Waals surface area contributed by atoms with Crippen LogP contribution < -0.4 is 5.32 Å². The second-order valence-corrected chi connectivity index (χ2v) is 7.07. The van der Waals surface area contributed by atoms with Crippen molar-refractivity contribution < 1.29 is 14.3 Å². The first-order valence-corrected chi connectivity index (χ1v) is 10.1. The predicted octanol–water partition coefficient (Wildman–Crippen LogP) is 3.28. The standard InChI is InChI=1S/C23H32N4O3/c1-5-13-27(23(29)24-20-11-9-19(6-2)10-12-20)18-22(28)26(15-16-30-4)17-21-8-7-14-25(21)3/h5,7-12,14H,1,6,13,15-18H2,2-4H3,(H,24,29). The van der Waals surface area contributed by atoms with Crippen LogP contribution in [-0.4, -0.2) is 59.7 Å². The zero-order valence-corrected chi connectivity index (χ0v) is 18.1. The fourth-order valence-electron chi connectivity index (χ4n) is 3.01. The Kier molecular flexibility index (Phi) is 9.15. The van der Waals surface area contributed by atoms with E-state index in [1.165, 1.54) is 10.5 Å². The van der Waals surface area contributed by atoms with E-state index in [1.807, 2.05) is 54.2 Å². The number of urea groups is 1. The lowest BCUT2D eigenvalue weighted by Gasteiger charge is -2.27. The van der Waals surface area contributed by atoms with Crippen molar-refractivity contribution in [1.82, 2.24) is 14.4 Å². The largest absolute Gasteiger partial charge is 0.383 e. The van der Waals surface area contributed by atoms with Crippen LogP contribution >= 0.6 is 0 Å². The first-order chi connectivity index (χ1) is 14.5. The fraction of sp³-hybridized carbons (Fsp3) is 0.391. The van der Waals surface area contributed by atoms with Crippen molar-refractivity contribution >= 4 is 17.6 Å². The number of carbonyl (C=O) groups excluding carboxylic acids is 2. The summed E-state index contributed by atoms with van der Waals surface area (Å²) in [5.74, 6) is -0.147. The van der Waals surface area contributed by atoms with Gasteiger partial charge < -0.3 is 24.4 Å². The number of hydrogen-bond acceptors (Lipinski definition) is 3. The third-order valence-corrected chi connectivity index (χ3v) is 4.90. The molecule has 2 rings (SSSR count). The number of ether oxygens (including phenoxy) is 1. The quantitative estimate of drug-likeness (QED) is 0.576. The lowest BCUT2D eigenvalue weighted by molar-refractivity contribution is -0.133. The summed E-state index contributed by atoms with van der Waals surface area (Å²) in [5, 5.41) is 2.86. The summed E-state index contributed by atoms with van der Waals surface area (Å²) in [7, 11) is 3.54. The number of rotatable bonds is 11. The van der Waals surface area contributed by atoms with Crippen LogP contribution in [0.3, 0.4) is 0 Å². The Bertz CT molecular complexity index is 829. The van der Waals surface area contributed by atoms with Crippen molar-refractivity contribution in [2.24, 2.45) is 7.05 Å². The molecule has 1 aromatic carbocycles. The van der Waals surface area contributed by atoms with Gasteiger partial charge in [-0.1, -0.05) is 25.1 Å². The molecule has 0 radical (unpaired) electrons. The molecule has 7 nitrogen and oxygen atoms in total. The number of carbonyl (C=O) groups is 2. The first-order valence-electron chi connectivity index (χ1n) is 10.1. The second-order valence-electron chi connectivity index (χ2n) is 7.07. The average Bonchev–Trinajstić information content (AvgIpc) is 3.15. The molecule has 0 spiro atoms. The van der Waals surface area contributed by atoms with E-state index >= 15 is 0 Å². The highest BCUT2D eigenvalue weighted by atomic mass is 16.5. The Morgan fingerprint density at radius 2 is 1.93 bits per heavy atom. The van der Waals surface area contributed by atoms with Crippen LogP contribution in [-0.2, 0) is 29.5 Å².